The van der Waals surface area contributed by atoms with Crippen LogP contribution in [0.1, 0.15) is 46.5 Å². The van der Waals surface area contributed by atoms with E-state index in [-0.39, 0.29) is 6.03 Å². The van der Waals surface area contributed by atoms with Crippen molar-refractivity contribution in [3.05, 3.63) is 11.6 Å². The predicted molar refractivity (Wildman–Crippen MR) is 98.2 cm³/mol. The van der Waals surface area contributed by atoms with Crippen LogP contribution in [0.5, 0.6) is 0 Å². The van der Waals surface area contributed by atoms with Gasteiger partial charge < -0.3 is 15.0 Å². The summed E-state index contributed by atoms with van der Waals surface area (Å²) in [5.41, 5.74) is 1.37. The lowest BCUT2D eigenvalue weighted by Gasteiger charge is -2.36. The Kier molecular flexibility index (Phi) is 8.06. The average molecular weight is 338 g/mol. The van der Waals surface area contributed by atoms with E-state index in [0.29, 0.717) is 12.0 Å². The van der Waals surface area contributed by atoms with Crippen molar-refractivity contribution in [3.63, 3.8) is 0 Å². The highest BCUT2D eigenvalue weighted by atomic mass is 16.5. The van der Waals surface area contributed by atoms with Crippen LogP contribution < -0.4 is 5.32 Å². The van der Waals surface area contributed by atoms with Crippen molar-refractivity contribution in [2.45, 2.75) is 52.5 Å². The Morgan fingerprint density at radius 2 is 1.96 bits per heavy atom. The van der Waals surface area contributed by atoms with Gasteiger partial charge in [-0.15, -0.1) is 0 Å². The molecule has 1 atom stereocenters. The highest BCUT2D eigenvalue weighted by molar-refractivity contribution is 5.74. The van der Waals surface area contributed by atoms with Gasteiger partial charge in [0.25, 0.3) is 0 Å². The number of rotatable bonds is 6. The lowest BCUT2D eigenvalue weighted by atomic mass is 9.99. The van der Waals surface area contributed by atoms with E-state index in [1.807, 2.05) is 11.8 Å². The molecule has 0 bridgehead atoms. The predicted octanol–water partition coefficient (Wildman–Crippen LogP) is 2.88. The number of urea groups is 1. The highest BCUT2D eigenvalue weighted by Gasteiger charge is 2.26. The minimum absolute atomic E-state index is 0.124. The van der Waals surface area contributed by atoms with Gasteiger partial charge >= 0.3 is 6.03 Å². The fraction of sp³-hybridized carbons (Fsp3) is 0.842. The molecule has 0 unspecified atom stereocenters. The molecule has 0 aliphatic carbocycles. The van der Waals surface area contributed by atoms with Crippen LogP contribution in [0, 0.1) is 5.92 Å². The van der Waals surface area contributed by atoms with E-state index in [1.54, 1.807) is 0 Å². The zero-order valence-corrected chi connectivity index (χ0v) is 15.7. The van der Waals surface area contributed by atoms with E-state index in [4.69, 9.17) is 4.74 Å². The third-order valence-electron chi connectivity index (χ3n) is 5.04. The van der Waals surface area contributed by atoms with Crippen LogP contribution in [0.15, 0.2) is 11.6 Å². The minimum atomic E-state index is 0.124. The third-order valence-corrected chi connectivity index (χ3v) is 5.04. The average Bonchev–Trinajstić information content (AvgIpc) is 2.59. The number of nitrogens with zero attached hydrogens (tertiary/aromatic N) is 2. The van der Waals surface area contributed by atoms with Gasteiger partial charge in [0.1, 0.15) is 0 Å². The molecule has 0 aromatic carbocycles. The number of amides is 2. The van der Waals surface area contributed by atoms with Gasteiger partial charge in [-0.3, -0.25) is 4.90 Å². The van der Waals surface area contributed by atoms with E-state index >= 15 is 0 Å². The Bertz CT molecular complexity index is 413. The molecule has 5 nitrogen and oxygen atoms in total. The van der Waals surface area contributed by atoms with E-state index < -0.39 is 0 Å². The molecule has 2 rings (SSSR count). The SMILES string of the molecule is CCOC[C@H]1CCCN(C(=O)NC2CCN(CC=C(C)C)CC2)C1. The summed E-state index contributed by atoms with van der Waals surface area (Å²) in [4.78, 5) is 17.0. The molecular formula is C19H35N3O2. The number of nitrogens with one attached hydrogen (secondary N) is 1. The number of carbonyl (C=O) groups excluding carboxylic acids is 1. The van der Waals surface area contributed by atoms with Crippen LogP contribution in [0.2, 0.25) is 0 Å². The molecular weight excluding hydrogens is 302 g/mol. The monoisotopic (exact) mass is 337 g/mol. The van der Waals surface area contributed by atoms with Crippen molar-refractivity contribution in [3.8, 4) is 0 Å². The van der Waals surface area contributed by atoms with E-state index in [2.05, 4.69) is 30.1 Å². The maximum atomic E-state index is 12.5. The molecule has 2 aliphatic rings. The lowest BCUT2D eigenvalue weighted by Crippen LogP contribution is -2.51. The van der Waals surface area contributed by atoms with Crippen LogP contribution in [-0.4, -0.2) is 67.8 Å². The molecule has 2 heterocycles. The maximum absolute atomic E-state index is 12.5. The fourth-order valence-electron chi connectivity index (χ4n) is 3.51. The number of hydrogen-bond donors (Lipinski definition) is 1. The quantitative estimate of drug-likeness (QED) is 0.758. The Morgan fingerprint density at radius 3 is 2.62 bits per heavy atom. The summed E-state index contributed by atoms with van der Waals surface area (Å²) >= 11 is 0. The molecule has 0 saturated carbocycles. The number of likely N-dealkylation sites (tertiary alicyclic amines) is 2. The topological polar surface area (TPSA) is 44.8 Å². The zero-order valence-electron chi connectivity index (χ0n) is 15.7. The Hall–Kier alpha value is -1.07. The van der Waals surface area contributed by atoms with Gasteiger partial charge in [0.15, 0.2) is 0 Å². The van der Waals surface area contributed by atoms with Crippen molar-refractivity contribution in [2.24, 2.45) is 5.92 Å². The molecule has 5 heteroatoms. The first-order valence-electron chi connectivity index (χ1n) is 9.57. The summed E-state index contributed by atoms with van der Waals surface area (Å²) in [5, 5.41) is 3.25. The van der Waals surface area contributed by atoms with Crippen LogP contribution in [0.3, 0.4) is 0 Å². The van der Waals surface area contributed by atoms with E-state index in [1.165, 1.54) is 12.0 Å². The molecule has 1 N–H and O–H groups in total. The number of ether oxygens (including phenoxy) is 1. The maximum Gasteiger partial charge on any atom is 0.317 e. The number of allylic oxidation sites excluding steroid dienone is 1. The summed E-state index contributed by atoms with van der Waals surface area (Å²) in [6.45, 7) is 12.7. The third kappa shape index (κ3) is 6.44. The van der Waals surface area contributed by atoms with Gasteiger partial charge in [-0.1, -0.05) is 11.6 Å². The standard InChI is InChI=1S/C19H35N3O2/c1-4-24-15-17-6-5-10-22(14-17)19(23)20-18-8-12-21(13-9-18)11-7-16(2)3/h7,17-18H,4-6,8-15H2,1-3H3,(H,20,23)/t17-/m0/s1. The number of piperidine rings is 2. The Labute approximate surface area is 147 Å². The van der Waals surface area contributed by atoms with Crippen molar-refractivity contribution in [1.29, 1.82) is 0 Å². The Balaban J connectivity index is 1.70. The molecule has 2 saturated heterocycles. The summed E-state index contributed by atoms with van der Waals surface area (Å²) in [5.74, 6) is 0.496. The van der Waals surface area contributed by atoms with Crippen molar-refractivity contribution in [2.75, 3.05) is 45.9 Å². The van der Waals surface area contributed by atoms with Gasteiger partial charge in [-0.2, -0.15) is 0 Å². The van der Waals surface area contributed by atoms with Crippen LogP contribution >= 0.6 is 0 Å². The van der Waals surface area contributed by atoms with Crippen molar-refractivity contribution < 1.29 is 9.53 Å². The van der Waals surface area contributed by atoms with E-state index in [0.717, 1.165) is 65.2 Å². The molecule has 0 aromatic rings. The first kappa shape index (κ1) is 19.3. The number of carbonyl (C=O) groups is 1. The van der Waals surface area contributed by atoms with Gasteiger partial charge in [-0.25, -0.2) is 4.79 Å². The van der Waals surface area contributed by atoms with Crippen LogP contribution in [0.4, 0.5) is 4.79 Å². The summed E-state index contributed by atoms with van der Waals surface area (Å²) in [6.07, 6.45) is 6.65. The van der Waals surface area contributed by atoms with Crippen LogP contribution in [0.25, 0.3) is 0 Å². The smallest absolute Gasteiger partial charge is 0.317 e. The van der Waals surface area contributed by atoms with Gasteiger partial charge in [-0.05, 0) is 46.5 Å². The first-order valence-corrected chi connectivity index (χ1v) is 9.57. The minimum Gasteiger partial charge on any atom is -0.381 e. The van der Waals surface area contributed by atoms with Gasteiger partial charge in [0.2, 0.25) is 0 Å². The molecule has 0 spiro atoms. The normalized spacial score (nSPS) is 23.1. The van der Waals surface area contributed by atoms with Gasteiger partial charge in [0, 0.05) is 51.3 Å². The second-order valence-electron chi connectivity index (χ2n) is 7.42. The van der Waals surface area contributed by atoms with Gasteiger partial charge in [0.05, 0.1) is 6.61 Å². The molecule has 2 fully saturated rings. The molecule has 2 aliphatic heterocycles. The first-order chi connectivity index (χ1) is 11.6. The molecule has 138 valence electrons. The largest absolute Gasteiger partial charge is 0.381 e. The Morgan fingerprint density at radius 1 is 1.21 bits per heavy atom. The summed E-state index contributed by atoms with van der Waals surface area (Å²) in [6, 6.07) is 0.451. The van der Waals surface area contributed by atoms with Crippen molar-refractivity contribution >= 4 is 6.03 Å². The molecule has 2 amide bonds. The molecule has 0 aromatic heterocycles. The highest BCUT2D eigenvalue weighted by Crippen LogP contribution is 2.18. The molecule has 24 heavy (non-hydrogen) atoms. The molecule has 0 radical (unpaired) electrons. The number of hydrogen-bond acceptors (Lipinski definition) is 3. The van der Waals surface area contributed by atoms with Crippen LogP contribution in [-0.2, 0) is 4.74 Å². The summed E-state index contributed by atoms with van der Waals surface area (Å²) < 4.78 is 5.53. The zero-order chi connectivity index (χ0) is 17.4. The summed E-state index contributed by atoms with van der Waals surface area (Å²) in [7, 11) is 0. The van der Waals surface area contributed by atoms with Crippen molar-refractivity contribution in [1.82, 2.24) is 15.1 Å². The lowest BCUT2D eigenvalue weighted by molar-refractivity contribution is 0.0745. The fourth-order valence-corrected chi connectivity index (χ4v) is 3.51. The second kappa shape index (κ2) is 10.0. The second-order valence-corrected chi connectivity index (χ2v) is 7.42. The van der Waals surface area contributed by atoms with E-state index in [9.17, 15) is 4.79 Å².